The molecule has 0 aliphatic heterocycles. The van der Waals surface area contributed by atoms with Crippen molar-refractivity contribution in [1.29, 1.82) is 0 Å². The third-order valence-corrected chi connectivity index (χ3v) is 1.94. The van der Waals surface area contributed by atoms with E-state index in [2.05, 4.69) is 6.92 Å². The maximum atomic E-state index is 10.7. The van der Waals surface area contributed by atoms with E-state index in [1.807, 2.05) is 6.92 Å². The van der Waals surface area contributed by atoms with Crippen molar-refractivity contribution in [3.05, 3.63) is 0 Å². The fraction of sp³-hybridized carbons (Fsp3) is 0.900. The van der Waals surface area contributed by atoms with Gasteiger partial charge < -0.3 is 9.47 Å². The van der Waals surface area contributed by atoms with Gasteiger partial charge in [-0.2, -0.15) is 0 Å². The van der Waals surface area contributed by atoms with Crippen LogP contribution in [0.2, 0.25) is 0 Å². The lowest BCUT2D eigenvalue weighted by Gasteiger charge is -2.19. The molecule has 3 nitrogen and oxygen atoms in total. The zero-order chi connectivity index (χ0) is 10.3. The molecule has 0 saturated heterocycles. The first-order valence-electron chi connectivity index (χ1n) is 4.80. The normalized spacial score (nSPS) is 15.1. The molecule has 78 valence electrons. The van der Waals surface area contributed by atoms with Crippen molar-refractivity contribution in [2.75, 3.05) is 7.11 Å². The first-order chi connectivity index (χ1) is 6.10. The Kier molecular flexibility index (Phi) is 6.59. The number of rotatable bonds is 6. The molecule has 0 spiro atoms. The summed E-state index contributed by atoms with van der Waals surface area (Å²) in [4.78, 5) is 10.7. The maximum Gasteiger partial charge on any atom is 0.302 e. The first kappa shape index (κ1) is 12.4. The van der Waals surface area contributed by atoms with Crippen molar-refractivity contribution in [3.63, 3.8) is 0 Å². The predicted molar refractivity (Wildman–Crippen MR) is 51.6 cm³/mol. The van der Waals surface area contributed by atoms with Gasteiger partial charge in [-0.05, 0) is 13.3 Å². The van der Waals surface area contributed by atoms with Gasteiger partial charge in [0.2, 0.25) is 0 Å². The Labute approximate surface area is 80.4 Å². The van der Waals surface area contributed by atoms with Crippen LogP contribution < -0.4 is 0 Å². The van der Waals surface area contributed by atoms with Crippen LogP contribution in [0.1, 0.15) is 40.0 Å². The second-order valence-electron chi connectivity index (χ2n) is 3.30. The second kappa shape index (κ2) is 6.89. The van der Waals surface area contributed by atoms with Crippen molar-refractivity contribution in [3.8, 4) is 0 Å². The van der Waals surface area contributed by atoms with Gasteiger partial charge >= 0.3 is 5.97 Å². The van der Waals surface area contributed by atoms with Gasteiger partial charge in [-0.25, -0.2) is 0 Å². The van der Waals surface area contributed by atoms with E-state index in [9.17, 15) is 4.79 Å². The average molecular weight is 188 g/mol. The van der Waals surface area contributed by atoms with Crippen LogP contribution in [0.3, 0.4) is 0 Å². The highest BCUT2D eigenvalue weighted by molar-refractivity contribution is 5.66. The molecule has 0 aliphatic carbocycles. The Bertz CT molecular complexity index is 145. The summed E-state index contributed by atoms with van der Waals surface area (Å²) in [6.45, 7) is 5.50. The summed E-state index contributed by atoms with van der Waals surface area (Å²) < 4.78 is 10.3. The highest BCUT2D eigenvalue weighted by Gasteiger charge is 2.14. The zero-order valence-corrected chi connectivity index (χ0v) is 9.00. The van der Waals surface area contributed by atoms with Gasteiger partial charge in [-0.15, -0.1) is 0 Å². The van der Waals surface area contributed by atoms with Crippen LogP contribution in [0.5, 0.6) is 0 Å². The van der Waals surface area contributed by atoms with Gasteiger partial charge in [0.1, 0.15) is 6.10 Å². The van der Waals surface area contributed by atoms with Gasteiger partial charge in [0.05, 0.1) is 6.10 Å². The molecule has 0 fully saturated rings. The molecule has 0 heterocycles. The third kappa shape index (κ3) is 6.58. The summed E-state index contributed by atoms with van der Waals surface area (Å²) in [5.74, 6) is -0.207. The van der Waals surface area contributed by atoms with E-state index in [4.69, 9.17) is 9.47 Å². The van der Waals surface area contributed by atoms with E-state index in [1.165, 1.54) is 6.92 Å². The number of carbonyl (C=O) groups is 1. The largest absolute Gasteiger partial charge is 0.462 e. The second-order valence-corrected chi connectivity index (χ2v) is 3.30. The molecular formula is C10H20O3. The Morgan fingerprint density at radius 1 is 1.46 bits per heavy atom. The van der Waals surface area contributed by atoms with E-state index < -0.39 is 0 Å². The molecule has 0 N–H and O–H groups in total. The van der Waals surface area contributed by atoms with E-state index in [1.54, 1.807) is 7.11 Å². The van der Waals surface area contributed by atoms with Gasteiger partial charge in [0.25, 0.3) is 0 Å². The molecule has 0 aromatic carbocycles. The predicted octanol–water partition coefficient (Wildman–Crippen LogP) is 2.14. The number of methoxy groups -OCH3 is 1. The number of esters is 1. The Morgan fingerprint density at radius 3 is 2.46 bits per heavy atom. The number of carbonyl (C=O) groups excluding carboxylic acids is 1. The molecule has 2 unspecified atom stereocenters. The maximum absolute atomic E-state index is 10.7. The SMILES string of the molecule is CCCC(CC(C)OC)OC(C)=O. The number of ether oxygens (including phenoxy) is 2. The Balaban J connectivity index is 3.85. The lowest BCUT2D eigenvalue weighted by molar-refractivity contribution is -0.148. The molecule has 0 bridgehead atoms. The number of hydrogen-bond acceptors (Lipinski definition) is 3. The van der Waals surface area contributed by atoms with Crippen molar-refractivity contribution >= 4 is 5.97 Å². The molecule has 13 heavy (non-hydrogen) atoms. The fourth-order valence-electron chi connectivity index (χ4n) is 1.25. The molecule has 0 saturated carbocycles. The average Bonchev–Trinajstić information content (AvgIpc) is 2.03. The van der Waals surface area contributed by atoms with Crippen LogP contribution in [0.15, 0.2) is 0 Å². The quantitative estimate of drug-likeness (QED) is 0.599. The fourth-order valence-corrected chi connectivity index (χ4v) is 1.25. The summed E-state index contributed by atoms with van der Waals surface area (Å²) in [5.41, 5.74) is 0. The molecule has 0 amide bonds. The van der Waals surface area contributed by atoms with E-state index in [0.717, 1.165) is 19.3 Å². The van der Waals surface area contributed by atoms with Crippen LogP contribution in [0.4, 0.5) is 0 Å². The first-order valence-corrected chi connectivity index (χ1v) is 4.80. The summed E-state index contributed by atoms with van der Waals surface area (Å²) in [5, 5.41) is 0. The van der Waals surface area contributed by atoms with Gasteiger partial charge in [-0.1, -0.05) is 13.3 Å². The van der Waals surface area contributed by atoms with E-state index in [-0.39, 0.29) is 18.2 Å². The standard InChI is InChI=1S/C10H20O3/c1-5-6-10(13-9(3)11)7-8(2)12-4/h8,10H,5-7H2,1-4H3. The molecule has 0 aromatic rings. The summed E-state index contributed by atoms with van der Waals surface area (Å²) >= 11 is 0. The van der Waals surface area contributed by atoms with Crippen molar-refractivity contribution in [2.45, 2.75) is 52.2 Å². The molecule has 2 atom stereocenters. The molecule has 0 radical (unpaired) electrons. The minimum Gasteiger partial charge on any atom is -0.462 e. The lowest BCUT2D eigenvalue weighted by atomic mass is 10.1. The van der Waals surface area contributed by atoms with Crippen molar-refractivity contribution in [1.82, 2.24) is 0 Å². The highest BCUT2D eigenvalue weighted by Crippen LogP contribution is 2.11. The van der Waals surface area contributed by atoms with Gasteiger partial charge in [0, 0.05) is 20.5 Å². The Morgan fingerprint density at radius 2 is 2.08 bits per heavy atom. The van der Waals surface area contributed by atoms with E-state index >= 15 is 0 Å². The smallest absolute Gasteiger partial charge is 0.302 e. The zero-order valence-electron chi connectivity index (χ0n) is 9.00. The van der Waals surface area contributed by atoms with Crippen molar-refractivity contribution < 1.29 is 14.3 Å². The lowest BCUT2D eigenvalue weighted by Crippen LogP contribution is -2.22. The minimum atomic E-state index is -0.207. The van der Waals surface area contributed by atoms with Crippen LogP contribution >= 0.6 is 0 Å². The van der Waals surface area contributed by atoms with Crippen LogP contribution in [0.25, 0.3) is 0 Å². The minimum absolute atomic E-state index is 0.0115. The Hall–Kier alpha value is -0.570. The van der Waals surface area contributed by atoms with Crippen molar-refractivity contribution in [2.24, 2.45) is 0 Å². The highest BCUT2D eigenvalue weighted by atomic mass is 16.5. The topological polar surface area (TPSA) is 35.5 Å². The summed E-state index contributed by atoms with van der Waals surface area (Å²) in [7, 11) is 1.67. The molecule has 0 aromatic heterocycles. The van der Waals surface area contributed by atoms with Crippen LogP contribution in [-0.4, -0.2) is 25.3 Å². The molecule has 0 aliphatic rings. The van der Waals surface area contributed by atoms with E-state index in [0.29, 0.717) is 0 Å². The molecule has 3 heteroatoms. The van der Waals surface area contributed by atoms with Crippen LogP contribution in [0, 0.1) is 0 Å². The number of hydrogen-bond donors (Lipinski definition) is 0. The summed E-state index contributed by atoms with van der Waals surface area (Å²) in [6.07, 6.45) is 2.87. The van der Waals surface area contributed by atoms with Gasteiger partial charge in [0.15, 0.2) is 0 Å². The van der Waals surface area contributed by atoms with Crippen LogP contribution in [-0.2, 0) is 14.3 Å². The third-order valence-electron chi connectivity index (χ3n) is 1.94. The molecular weight excluding hydrogens is 168 g/mol. The molecule has 0 rings (SSSR count). The monoisotopic (exact) mass is 188 g/mol. The summed E-state index contributed by atoms with van der Waals surface area (Å²) in [6, 6.07) is 0. The van der Waals surface area contributed by atoms with Gasteiger partial charge in [-0.3, -0.25) is 4.79 Å².